The first-order valence-electron chi connectivity index (χ1n) is 9.96. The van der Waals surface area contributed by atoms with Crippen molar-refractivity contribution >= 4 is 23.1 Å². The van der Waals surface area contributed by atoms with Gasteiger partial charge in [0.05, 0.1) is 5.57 Å². The van der Waals surface area contributed by atoms with Gasteiger partial charge in [0.15, 0.2) is 6.29 Å². The molecule has 1 saturated carbocycles. The van der Waals surface area contributed by atoms with Crippen molar-refractivity contribution in [2.45, 2.75) is 84.0 Å². The maximum atomic E-state index is 12.5. The van der Waals surface area contributed by atoms with Crippen molar-refractivity contribution in [1.82, 2.24) is 0 Å². The van der Waals surface area contributed by atoms with E-state index in [1.807, 2.05) is 26.0 Å². The molecule has 4 nitrogen and oxygen atoms in total. The molecule has 1 unspecified atom stereocenters. The summed E-state index contributed by atoms with van der Waals surface area (Å²) in [4.78, 5) is 12.5. The van der Waals surface area contributed by atoms with Crippen LogP contribution in [0.5, 0.6) is 0 Å². The number of halogens is 1. The van der Waals surface area contributed by atoms with Gasteiger partial charge < -0.3 is 14.6 Å². The molecular weight excluding hydrogens is 364 g/mol. The van der Waals surface area contributed by atoms with E-state index >= 15 is 0 Å². The number of ether oxygens (including phenoxy) is 2. The predicted octanol–water partition coefficient (Wildman–Crippen LogP) is 5.45. The normalized spacial score (nSPS) is 21.3. The molecule has 1 aliphatic carbocycles. The van der Waals surface area contributed by atoms with E-state index in [-0.39, 0.29) is 5.97 Å². The maximum Gasteiger partial charge on any atom is 0.310 e. The molecule has 148 valence electrons. The quantitative estimate of drug-likeness (QED) is 0.516. The number of hydrogen-bond donors (Lipinski definition) is 1. The first-order chi connectivity index (χ1) is 12.9. The van der Waals surface area contributed by atoms with E-state index in [0.29, 0.717) is 22.8 Å². The predicted molar refractivity (Wildman–Crippen MR) is 106 cm³/mol. The van der Waals surface area contributed by atoms with Gasteiger partial charge in [0, 0.05) is 11.4 Å². The Kier molecular flexibility index (Phi) is 6.29. The molecule has 1 spiro atoms. The van der Waals surface area contributed by atoms with Crippen LogP contribution in [0.3, 0.4) is 0 Å². The highest BCUT2D eigenvalue weighted by molar-refractivity contribution is 6.30. The van der Waals surface area contributed by atoms with Crippen LogP contribution in [0, 0.1) is 13.8 Å². The molecule has 0 saturated heterocycles. The Balaban J connectivity index is 2.03. The second-order valence-corrected chi connectivity index (χ2v) is 8.20. The molecule has 1 fully saturated rings. The SMILES string of the molecule is CCCCCC(=O)OC1=C(c2c(C)cc(Cl)cc2C)C(O)OC12CCCC2. The van der Waals surface area contributed by atoms with Gasteiger partial charge in [-0.05, 0) is 74.8 Å². The lowest BCUT2D eigenvalue weighted by Gasteiger charge is -2.25. The first-order valence-corrected chi connectivity index (χ1v) is 10.3. The van der Waals surface area contributed by atoms with Crippen molar-refractivity contribution in [3.05, 3.63) is 39.6 Å². The molecule has 0 amide bonds. The summed E-state index contributed by atoms with van der Waals surface area (Å²) in [5.74, 6) is 0.270. The average molecular weight is 393 g/mol. The Bertz CT molecular complexity index is 724. The van der Waals surface area contributed by atoms with E-state index in [9.17, 15) is 9.90 Å². The van der Waals surface area contributed by atoms with E-state index in [1.165, 1.54) is 0 Å². The monoisotopic (exact) mass is 392 g/mol. The highest BCUT2D eigenvalue weighted by atomic mass is 35.5. The largest absolute Gasteiger partial charge is 0.427 e. The Hall–Kier alpha value is -1.36. The van der Waals surface area contributed by atoms with Crippen LogP contribution in [0.15, 0.2) is 17.9 Å². The van der Waals surface area contributed by atoms with Crippen LogP contribution >= 0.6 is 11.6 Å². The van der Waals surface area contributed by atoms with Crippen LogP contribution in [0.1, 0.15) is 75.0 Å². The summed E-state index contributed by atoms with van der Waals surface area (Å²) in [6.07, 6.45) is 5.66. The van der Waals surface area contributed by atoms with Gasteiger partial charge in [-0.2, -0.15) is 0 Å². The lowest BCUT2D eigenvalue weighted by atomic mass is 9.90. The molecule has 1 aromatic carbocycles. The molecule has 3 rings (SSSR count). The Morgan fingerprint density at radius 1 is 1.26 bits per heavy atom. The van der Waals surface area contributed by atoms with Crippen molar-refractivity contribution in [1.29, 1.82) is 0 Å². The summed E-state index contributed by atoms with van der Waals surface area (Å²) in [7, 11) is 0. The number of rotatable bonds is 6. The second kappa shape index (κ2) is 8.34. The Morgan fingerprint density at radius 3 is 2.48 bits per heavy atom. The minimum atomic E-state index is -1.10. The number of aliphatic hydroxyl groups is 1. The molecular formula is C22H29ClO4. The van der Waals surface area contributed by atoms with Crippen LogP contribution in [0.25, 0.3) is 5.57 Å². The summed E-state index contributed by atoms with van der Waals surface area (Å²) in [5, 5.41) is 11.4. The molecule has 5 heteroatoms. The van der Waals surface area contributed by atoms with Crippen molar-refractivity contribution in [2.24, 2.45) is 0 Å². The number of benzene rings is 1. The summed E-state index contributed by atoms with van der Waals surface area (Å²) in [6.45, 7) is 6.01. The third kappa shape index (κ3) is 4.08. The highest BCUT2D eigenvalue weighted by Gasteiger charge is 2.51. The van der Waals surface area contributed by atoms with Gasteiger partial charge in [-0.15, -0.1) is 0 Å². The van der Waals surface area contributed by atoms with E-state index in [1.54, 1.807) is 0 Å². The minimum absolute atomic E-state index is 0.246. The minimum Gasteiger partial charge on any atom is -0.427 e. The smallest absolute Gasteiger partial charge is 0.310 e. The van der Waals surface area contributed by atoms with Gasteiger partial charge in [-0.1, -0.05) is 31.4 Å². The second-order valence-electron chi connectivity index (χ2n) is 7.76. The third-order valence-electron chi connectivity index (χ3n) is 5.62. The van der Waals surface area contributed by atoms with Gasteiger partial charge in [-0.3, -0.25) is 4.79 Å². The molecule has 0 aromatic heterocycles. The molecule has 1 N–H and O–H groups in total. The third-order valence-corrected chi connectivity index (χ3v) is 5.84. The number of aryl methyl sites for hydroxylation is 2. The van der Waals surface area contributed by atoms with Crippen LogP contribution in [0.4, 0.5) is 0 Å². The molecule has 0 bridgehead atoms. The average Bonchev–Trinajstić information content (AvgIpc) is 3.14. The first kappa shape index (κ1) is 20.4. The number of carbonyl (C=O) groups excluding carboxylic acids is 1. The number of hydrogen-bond acceptors (Lipinski definition) is 4. The molecule has 1 heterocycles. The summed E-state index contributed by atoms with van der Waals surface area (Å²) >= 11 is 6.18. The lowest BCUT2D eigenvalue weighted by molar-refractivity contribution is -0.152. The molecule has 27 heavy (non-hydrogen) atoms. The summed E-state index contributed by atoms with van der Waals surface area (Å²) in [6, 6.07) is 3.73. The van der Waals surface area contributed by atoms with Gasteiger partial charge in [0.1, 0.15) is 11.4 Å². The van der Waals surface area contributed by atoms with Crippen LogP contribution in [-0.4, -0.2) is 23.0 Å². The number of esters is 1. The zero-order chi connectivity index (χ0) is 19.6. The fraction of sp³-hybridized carbons (Fsp3) is 0.591. The van der Waals surface area contributed by atoms with Gasteiger partial charge >= 0.3 is 5.97 Å². The fourth-order valence-corrected chi connectivity index (χ4v) is 4.71. The van der Waals surface area contributed by atoms with Gasteiger partial charge in [0.25, 0.3) is 0 Å². The van der Waals surface area contributed by atoms with Gasteiger partial charge in [-0.25, -0.2) is 0 Å². The topological polar surface area (TPSA) is 55.8 Å². The van der Waals surface area contributed by atoms with E-state index in [4.69, 9.17) is 21.1 Å². The molecule has 1 aliphatic heterocycles. The maximum absolute atomic E-state index is 12.5. The van der Waals surface area contributed by atoms with Crippen LogP contribution in [0.2, 0.25) is 5.02 Å². The molecule has 1 aromatic rings. The highest BCUT2D eigenvalue weighted by Crippen LogP contribution is 2.50. The Labute approximate surface area is 166 Å². The molecule has 2 aliphatic rings. The molecule has 1 atom stereocenters. The summed E-state index contributed by atoms with van der Waals surface area (Å²) < 4.78 is 11.9. The number of aliphatic hydroxyl groups excluding tert-OH is 1. The lowest BCUT2D eigenvalue weighted by Crippen LogP contribution is -2.31. The zero-order valence-electron chi connectivity index (χ0n) is 16.4. The van der Waals surface area contributed by atoms with E-state index < -0.39 is 11.9 Å². The number of carbonyl (C=O) groups is 1. The van der Waals surface area contributed by atoms with E-state index in [2.05, 4.69) is 6.92 Å². The van der Waals surface area contributed by atoms with Crippen molar-refractivity contribution in [3.8, 4) is 0 Å². The van der Waals surface area contributed by atoms with Crippen molar-refractivity contribution in [3.63, 3.8) is 0 Å². The van der Waals surface area contributed by atoms with Crippen LogP contribution < -0.4 is 0 Å². The van der Waals surface area contributed by atoms with Crippen molar-refractivity contribution in [2.75, 3.05) is 0 Å². The molecule has 0 radical (unpaired) electrons. The Morgan fingerprint density at radius 2 is 1.89 bits per heavy atom. The number of unbranched alkanes of at least 4 members (excludes halogenated alkanes) is 2. The standard InChI is InChI=1S/C22H29ClO4/c1-4-5-6-9-17(24)26-20-19(18-14(2)12-16(23)13-15(18)3)21(25)27-22(20)10-7-8-11-22/h12-13,21,25H,4-11H2,1-3H3. The van der Waals surface area contributed by atoms with Crippen molar-refractivity contribution < 1.29 is 19.4 Å². The fourth-order valence-electron chi connectivity index (χ4n) is 4.38. The summed E-state index contributed by atoms with van der Waals surface area (Å²) in [5.41, 5.74) is 2.65. The van der Waals surface area contributed by atoms with Crippen LogP contribution in [-0.2, 0) is 14.3 Å². The zero-order valence-corrected chi connectivity index (χ0v) is 17.2. The van der Waals surface area contributed by atoms with E-state index in [0.717, 1.165) is 61.6 Å². The van der Waals surface area contributed by atoms with Gasteiger partial charge in [0.2, 0.25) is 0 Å².